The summed E-state index contributed by atoms with van der Waals surface area (Å²) in [4.78, 5) is 8.91. The zero-order valence-electron chi connectivity index (χ0n) is 12.3. The fourth-order valence-electron chi connectivity index (χ4n) is 1.78. The Morgan fingerprint density at radius 3 is 2.79 bits per heavy atom. The molecule has 5 nitrogen and oxygen atoms in total. The summed E-state index contributed by atoms with van der Waals surface area (Å²) in [5.41, 5.74) is 0.978. The summed E-state index contributed by atoms with van der Waals surface area (Å²) < 4.78 is 10.7. The number of methoxy groups -OCH3 is 1. The van der Waals surface area contributed by atoms with Gasteiger partial charge in [0.05, 0.1) is 12.3 Å². The molecule has 0 saturated carbocycles. The van der Waals surface area contributed by atoms with Crippen molar-refractivity contribution < 1.29 is 9.47 Å². The van der Waals surface area contributed by atoms with Crippen LogP contribution in [0.1, 0.15) is 38.4 Å². The number of nitrogens with one attached hydrogen (secondary N) is 1. The zero-order valence-corrected chi connectivity index (χ0v) is 12.3. The Morgan fingerprint density at radius 2 is 2.16 bits per heavy atom. The van der Waals surface area contributed by atoms with Gasteiger partial charge in [-0.25, -0.2) is 9.97 Å². The Balaban J connectivity index is 2.64. The lowest BCUT2D eigenvalue weighted by molar-refractivity contribution is 0.0230. The second-order valence-corrected chi connectivity index (χ2v) is 4.70. The van der Waals surface area contributed by atoms with Crippen LogP contribution in [0.4, 0.5) is 0 Å². The smallest absolute Gasteiger partial charge is 0.157 e. The average molecular weight is 267 g/mol. The van der Waals surface area contributed by atoms with Gasteiger partial charge in [-0.1, -0.05) is 13.8 Å². The van der Waals surface area contributed by atoms with Gasteiger partial charge in [0, 0.05) is 33.0 Å². The van der Waals surface area contributed by atoms with Crippen LogP contribution in [0.2, 0.25) is 0 Å². The van der Waals surface area contributed by atoms with Gasteiger partial charge in [0.2, 0.25) is 0 Å². The number of rotatable bonds is 9. The molecule has 1 aromatic rings. The maximum absolute atomic E-state index is 5.72. The Morgan fingerprint density at radius 1 is 1.37 bits per heavy atom. The summed E-state index contributed by atoms with van der Waals surface area (Å²) in [5.74, 6) is 1.12. The van der Waals surface area contributed by atoms with Crippen molar-refractivity contribution in [3.63, 3.8) is 0 Å². The molecule has 0 bridgehead atoms. The highest BCUT2D eigenvalue weighted by Crippen LogP contribution is 2.22. The van der Waals surface area contributed by atoms with Crippen LogP contribution in [0.15, 0.2) is 12.3 Å². The molecule has 0 radical (unpaired) electrons. The van der Waals surface area contributed by atoms with E-state index in [9.17, 15) is 0 Å². The summed E-state index contributed by atoms with van der Waals surface area (Å²) in [5, 5.41) is 3.27. The van der Waals surface area contributed by atoms with Gasteiger partial charge in [-0.2, -0.15) is 0 Å². The van der Waals surface area contributed by atoms with Crippen molar-refractivity contribution >= 4 is 0 Å². The van der Waals surface area contributed by atoms with E-state index in [2.05, 4.69) is 29.1 Å². The molecule has 1 heterocycles. The molecule has 19 heavy (non-hydrogen) atoms. The second kappa shape index (κ2) is 8.96. The van der Waals surface area contributed by atoms with Crippen molar-refractivity contribution in [2.45, 2.75) is 33.4 Å². The van der Waals surface area contributed by atoms with Crippen molar-refractivity contribution in [3.8, 4) is 0 Å². The Bertz CT molecular complexity index is 358. The second-order valence-electron chi connectivity index (χ2n) is 4.70. The first-order chi connectivity index (χ1) is 9.19. The van der Waals surface area contributed by atoms with E-state index in [4.69, 9.17) is 9.47 Å². The fraction of sp³-hybridized carbons (Fsp3) is 0.714. The van der Waals surface area contributed by atoms with Crippen molar-refractivity contribution in [1.82, 2.24) is 15.3 Å². The minimum absolute atomic E-state index is 0.0380. The lowest BCUT2D eigenvalue weighted by Crippen LogP contribution is -2.21. The lowest BCUT2D eigenvalue weighted by atomic mass is 10.1. The third-order valence-corrected chi connectivity index (χ3v) is 2.73. The van der Waals surface area contributed by atoms with Crippen LogP contribution in [0.5, 0.6) is 0 Å². The molecule has 1 aromatic heterocycles. The fourth-order valence-corrected chi connectivity index (χ4v) is 1.78. The van der Waals surface area contributed by atoms with Crippen LogP contribution in [0.25, 0.3) is 0 Å². The van der Waals surface area contributed by atoms with Gasteiger partial charge in [0.15, 0.2) is 5.82 Å². The first kappa shape index (κ1) is 16.0. The highest BCUT2D eigenvalue weighted by Gasteiger charge is 2.19. The molecular formula is C14H25N3O2. The third kappa shape index (κ3) is 5.63. The van der Waals surface area contributed by atoms with Gasteiger partial charge >= 0.3 is 0 Å². The summed E-state index contributed by atoms with van der Waals surface area (Å²) in [6, 6.07) is 1.92. The molecule has 5 heteroatoms. The molecule has 0 spiro atoms. The predicted octanol–water partition coefficient (Wildman–Crippen LogP) is 1.95. The van der Waals surface area contributed by atoms with Gasteiger partial charge in [0.25, 0.3) is 0 Å². The van der Waals surface area contributed by atoms with E-state index >= 15 is 0 Å². The number of nitrogens with zero attached hydrogens (tertiary/aromatic N) is 2. The topological polar surface area (TPSA) is 56.3 Å². The molecule has 0 saturated heterocycles. The summed E-state index contributed by atoms with van der Waals surface area (Å²) >= 11 is 0. The largest absolute Gasteiger partial charge is 0.383 e. The monoisotopic (exact) mass is 267 g/mol. The van der Waals surface area contributed by atoms with Crippen molar-refractivity contribution in [2.75, 3.05) is 26.9 Å². The van der Waals surface area contributed by atoms with Crippen molar-refractivity contribution in [1.29, 1.82) is 0 Å². The van der Waals surface area contributed by atoms with E-state index in [0.29, 0.717) is 19.1 Å². The Kier molecular flexibility index (Phi) is 7.55. The minimum atomic E-state index is -0.0380. The molecule has 0 aromatic carbocycles. The van der Waals surface area contributed by atoms with Crippen molar-refractivity contribution in [2.24, 2.45) is 5.92 Å². The predicted molar refractivity (Wildman–Crippen MR) is 74.8 cm³/mol. The molecule has 0 aliphatic heterocycles. The van der Waals surface area contributed by atoms with Crippen LogP contribution < -0.4 is 5.32 Å². The Labute approximate surface area is 115 Å². The van der Waals surface area contributed by atoms with Gasteiger partial charge < -0.3 is 14.8 Å². The van der Waals surface area contributed by atoms with E-state index in [1.54, 1.807) is 13.3 Å². The quantitative estimate of drug-likeness (QED) is 0.693. The van der Waals surface area contributed by atoms with Crippen LogP contribution >= 0.6 is 0 Å². The number of hydrogen-bond acceptors (Lipinski definition) is 5. The van der Waals surface area contributed by atoms with E-state index in [-0.39, 0.29) is 6.10 Å². The van der Waals surface area contributed by atoms with E-state index in [1.807, 2.05) is 13.0 Å². The molecule has 1 atom stereocenters. The van der Waals surface area contributed by atoms with E-state index in [1.165, 1.54) is 0 Å². The van der Waals surface area contributed by atoms with Crippen molar-refractivity contribution in [3.05, 3.63) is 23.8 Å². The van der Waals surface area contributed by atoms with Gasteiger partial charge in [-0.3, -0.25) is 0 Å². The highest BCUT2D eigenvalue weighted by atomic mass is 16.5. The zero-order chi connectivity index (χ0) is 14.1. The van der Waals surface area contributed by atoms with Gasteiger partial charge in [-0.15, -0.1) is 0 Å². The summed E-state index contributed by atoms with van der Waals surface area (Å²) in [6.45, 7) is 9.13. The van der Waals surface area contributed by atoms with Crippen LogP contribution in [-0.2, 0) is 16.0 Å². The molecule has 1 rings (SSSR count). The number of ether oxygens (including phenoxy) is 2. The third-order valence-electron chi connectivity index (χ3n) is 2.73. The maximum atomic E-state index is 5.72. The molecular weight excluding hydrogens is 242 g/mol. The van der Waals surface area contributed by atoms with Gasteiger partial charge in [0.1, 0.15) is 6.10 Å². The van der Waals surface area contributed by atoms with E-state index in [0.717, 1.165) is 24.6 Å². The molecule has 0 amide bonds. The first-order valence-corrected chi connectivity index (χ1v) is 6.82. The summed E-state index contributed by atoms with van der Waals surface area (Å²) in [6.07, 6.45) is 1.76. The molecule has 1 unspecified atom stereocenters. The standard InChI is InChI=1S/C14H25N3O2/c1-5-19-13(11(2)3)14-16-7-6-12(17-14)10-15-8-9-18-4/h6-7,11,13,15H,5,8-10H2,1-4H3. The normalized spacial score (nSPS) is 12.9. The van der Waals surface area contributed by atoms with Crippen LogP contribution in [0.3, 0.4) is 0 Å². The number of aromatic nitrogens is 2. The van der Waals surface area contributed by atoms with Crippen LogP contribution in [-0.4, -0.2) is 36.8 Å². The van der Waals surface area contributed by atoms with Crippen LogP contribution in [0, 0.1) is 5.92 Å². The van der Waals surface area contributed by atoms with E-state index < -0.39 is 0 Å². The number of hydrogen-bond donors (Lipinski definition) is 1. The van der Waals surface area contributed by atoms with Gasteiger partial charge in [-0.05, 0) is 18.9 Å². The molecule has 0 fully saturated rings. The minimum Gasteiger partial charge on any atom is -0.383 e. The highest BCUT2D eigenvalue weighted by molar-refractivity contribution is 5.04. The SMILES string of the molecule is CCOC(c1nccc(CNCCOC)n1)C(C)C. The maximum Gasteiger partial charge on any atom is 0.157 e. The molecule has 0 aliphatic rings. The average Bonchev–Trinajstić information content (AvgIpc) is 2.41. The summed E-state index contributed by atoms with van der Waals surface area (Å²) in [7, 11) is 1.69. The first-order valence-electron chi connectivity index (χ1n) is 6.82. The molecule has 108 valence electrons. The lowest BCUT2D eigenvalue weighted by Gasteiger charge is -2.19. The molecule has 0 aliphatic carbocycles. The molecule has 1 N–H and O–H groups in total. The Hall–Kier alpha value is -1.04.